The second-order valence-corrected chi connectivity index (χ2v) is 4.13. The molecule has 1 aromatic heterocycles. The molecule has 1 aromatic carbocycles. The zero-order valence-corrected chi connectivity index (χ0v) is 10.2. The van der Waals surface area contributed by atoms with Crippen LogP contribution in [0.15, 0.2) is 41.3 Å². The van der Waals surface area contributed by atoms with Gasteiger partial charge in [0.1, 0.15) is 10.8 Å². The molecule has 0 saturated carbocycles. The number of aromatic nitrogens is 2. The molecular formula is C12H10FN3OS. The molecule has 0 amide bonds. The van der Waals surface area contributed by atoms with E-state index in [-0.39, 0.29) is 17.1 Å². The van der Waals surface area contributed by atoms with Crippen LogP contribution in [0.5, 0.6) is 0 Å². The van der Waals surface area contributed by atoms with Crippen LogP contribution in [-0.2, 0) is 6.54 Å². The summed E-state index contributed by atoms with van der Waals surface area (Å²) in [5.41, 5.74) is 5.94. The Morgan fingerprint density at radius 2 is 2.22 bits per heavy atom. The van der Waals surface area contributed by atoms with Crippen LogP contribution in [0.1, 0.15) is 11.1 Å². The fourth-order valence-corrected chi connectivity index (χ4v) is 1.62. The van der Waals surface area contributed by atoms with E-state index in [1.54, 1.807) is 12.1 Å². The number of hydrogen-bond acceptors (Lipinski definition) is 3. The largest absolute Gasteiger partial charge is 0.389 e. The SMILES string of the molecule is NC(=S)c1ccc(Cn2ncccc2=O)c(F)c1. The molecule has 0 atom stereocenters. The maximum Gasteiger partial charge on any atom is 0.267 e. The van der Waals surface area contributed by atoms with Gasteiger partial charge < -0.3 is 5.73 Å². The standard InChI is InChI=1S/C12H10FN3OS/c13-10-6-8(12(14)18)3-4-9(10)7-16-11(17)2-1-5-15-16/h1-6H,7H2,(H2,14,18). The third kappa shape index (κ3) is 2.60. The van der Waals surface area contributed by atoms with Crippen molar-refractivity contribution < 1.29 is 4.39 Å². The zero-order valence-electron chi connectivity index (χ0n) is 9.34. The van der Waals surface area contributed by atoms with Gasteiger partial charge >= 0.3 is 0 Å². The van der Waals surface area contributed by atoms with E-state index in [1.165, 1.54) is 29.1 Å². The molecule has 0 fully saturated rings. The summed E-state index contributed by atoms with van der Waals surface area (Å²) in [5.74, 6) is -0.460. The molecule has 2 rings (SSSR count). The Morgan fingerprint density at radius 3 is 2.83 bits per heavy atom. The fourth-order valence-electron chi connectivity index (χ4n) is 1.50. The number of rotatable bonds is 3. The quantitative estimate of drug-likeness (QED) is 0.841. The molecule has 0 aliphatic heterocycles. The normalized spacial score (nSPS) is 10.3. The lowest BCUT2D eigenvalue weighted by atomic mass is 10.1. The maximum absolute atomic E-state index is 13.8. The van der Waals surface area contributed by atoms with E-state index in [1.807, 2.05) is 0 Å². The molecule has 0 spiro atoms. The Hall–Kier alpha value is -2.08. The van der Waals surface area contributed by atoms with Crippen molar-refractivity contribution in [2.24, 2.45) is 5.73 Å². The second kappa shape index (κ2) is 5.05. The van der Waals surface area contributed by atoms with Gasteiger partial charge in [-0.15, -0.1) is 0 Å². The lowest BCUT2D eigenvalue weighted by molar-refractivity contribution is 0.572. The molecule has 4 nitrogen and oxygen atoms in total. The summed E-state index contributed by atoms with van der Waals surface area (Å²) >= 11 is 4.76. The molecule has 0 saturated heterocycles. The predicted octanol–water partition coefficient (Wildman–Crippen LogP) is 1.06. The van der Waals surface area contributed by atoms with Gasteiger partial charge in [0.05, 0.1) is 6.54 Å². The first-order chi connectivity index (χ1) is 8.58. The molecule has 6 heteroatoms. The number of thiocarbonyl (C=S) groups is 1. The van der Waals surface area contributed by atoms with E-state index in [2.05, 4.69) is 5.10 Å². The molecule has 0 unspecified atom stereocenters. The van der Waals surface area contributed by atoms with Gasteiger partial charge in [0.15, 0.2) is 0 Å². The topological polar surface area (TPSA) is 60.9 Å². The summed E-state index contributed by atoms with van der Waals surface area (Å²) < 4.78 is 14.9. The van der Waals surface area contributed by atoms with Gasteiger partial charge in [-0.25, -0.2) is 9.07 Å². The number of nitrogens with zero attached hydrogens (tertiary/aromatic N) is 2. The van der Waals surface area contributed by atoms with E-state index >= 15 is 0 Å². The van der Waals surface area contributed by atoms with Crippen molar-refractivity contribution in [3.63, 3.8) is 0 Å². The van der Waals surface area contributed by atoms with Crippen molar-refractivity contribution in [2.45, 2.75) is 6.54 Å². The summed E-state index contributed by atoms with van der Waals surface area (Å²) in [6.07, 6.45) is 1.47. The lowest BCUT2D eigenvalue weighted by Gasteiger charge is -2.06. The fraction of sp³-hybridized carbons (Fsp3) is 0.0833. The molecule has 0 radical (unpaired) electrons. The van der Waals surface area contributed by atoms with Gasteiger partial charge in [-0.3, -0.25) is 4.79 Å². The highest BCUT2D eigenvalue weighted by molar-refractivity contribution is 7.80. The van der Waals surface area contributed by atoms with Gasteiger partial charge in [-0.05, 0) is 12.1 Å². The summed E-state index contributed by atoms with van der Waals surface area (Å²) in [5, 5.41) is 3.86. The molecule has 0 bridgehead atoms. The Kier molecular flexibility index (Phi) is 3.47. The van der Waals surface area contributed by atoms with E-state index in [0.717, 1.165) is 0 Å². The molecule has 18 heavy (non-hydrogen) atoms. The van der Waals surface area contributed by atoms with Gasteiger partial charge in [-0.2, -0.15) is 5.10 Å². The van der Waals surface area contributed by atoms with E-state index in [4.69, 9.17) is 18.0 Å². The van der Waals surface area contributed by atoms with Crippen molar-refractivity contribution in [3.05, 3.63) is 63.8 Å². The van der Waals surface area contributed by atoms with Crippen LogP contribution < -0.4 is 11.3 Å². The number of benzene rings is 1. The van der Waals surface area contributed by atoms with Crippen LogP contribution in [0.4, 0.5) is 4.39 Å². The third-order valence-corrected chi connectivity index (χ3v) is 2.68. The van der Waals surface area contributed by atoms with Crippen molar-refractivity contribution in [1.29, 1.82) is 0 Å². The van der Waals surface area contributed by atoms with Gasteiger partial charge in [-0.1, -0.05) is 24.4 Å². The first-order valence-corrected chi connectivity index (χ1v) is 5.59. The van der Waals surface area contributed by atoms with Crippen molar-refractivity contribution in [3.8, 4) is 0 Å². The Balaban J connectivity index is 2.33. The first-order valence-electron chi connectivity index (χ1n) is 5.18. The number of hydrogen-bond donors (Lipinski definition) is 1. The van der Waals surface area contributed by atoms with Crippen LogP contribution in [-0.4, -0.2) is 14.8 Å². The molecule has 1 heterocycles. The minimum absolute atomic E-state index is 0.0725. The third-order valence-electron chi connectivity index (χ3n) is 2.44. The number of nitrogens with two attached hydrogens (primary N) is 1. The highest BCUT2D eigenvalue weighted by Crippen LogP contribution is 2.11. The average Bonchev–Trinajstić information content (AvgIpc) is 2.34. The zero-order chi connectivity index (χ0) is 13.1. The first kappa shape index (κ1) is 12.4. The van der Waals surface area contributed by atoms with Gasteiger partial charge in [0.25, 0.3) is 5.56 Å². The van der Waals surface area contributed by atoms with E-state index in [9.17, 15) is 9.18 Å². The summed E-state index contributed by atoms with van der Waals surface area (Å²) in [6, 6.07) is 7.32. The molecular weight excluding hydrogens is 253 g/mol. The van der Waals surface area contributed by atoms with Crippen LogP contribution >= 0.6 is 12.2 Å². The average molecular weight is 263 g/mol. The monoisotopic (exact) mass is 263 g/mol. The highest BCUT2D eigenvalue weighted by atomic mass is 32.1. The molecule has 0 aliphatic rings. The van der Waals surface area contributed by atoms with Crippen molar-refractivity contribution in [1.82, 2.24) is 9.78 Å². The molecule has 2 N–H and O–H groups in total. The lowest BCUT2D eigenvalue weighted by Crippen LogP contribution is -2.22. The van der Waals surface area contributed by atoms with Crippen LogP contribution in [0.3, 0.4) is 0 Å². The Morgan fingerprint density at radius 1 is 1.44 bits per heavy atom. The number of halogens is 1. The van der Waals surface area contributed by atoms with Crippen LogP contribution in [0.25, 0.3) is 0 Å². The molecule has 0 aliphatic carbocycles. The minimum atomic E-state index is -0.460. The molecule has 92 valence electrons. The minimum Gasteiger partial charge on any atom is -0.389 e. The predicted molar refractivity (Wildman–Crippen MR) is 69.9 cm³/mol. The maximum atomic E-state index is 13.8. The highest BCUT2D eigenvalue weighted by Gasteiger charge is 2.07. The summed E-state index contributed by atoms with van der Waals surface area (Å²) in [7, 11) is 0. The van der Waals surface area contributed by atoms with Gasteiger partial charge in [0.2, 0.25) is 0 Å². The van der Waals surface area contributed by atoms with Crippen molar-refractivity contribution in [2.75, 3.05) is 0 Å². The Labute approximate surface area is 108 Å². The van der Waals surface area contributed by atoms with E-state index in [0.29, 0.717) is 11.1 Å². The smallest absolute Gasteiger partial charge is 0.267 e. The van der Waals surface area contributed by atoms with Crippen LogP contribution in [0.2, 0.25) is 0 Å². The van der Waals surface area contributed by atoms with Crippen molar-refractivity contribution >= 4 is 17.2 Å². The summed E-state index contributed by atoms with van der Waals surface area (Å²) in [6.45, 7) is 0.0725. The van der Waals surface area contributed by atoms with E-state index < -0.39 is 5.82 Å². The Bertz CT molecular complexity index is 654. The van der Waals surface area contributed by atoms with Crippen LogP contribution in [0, 0.1) is 5.82 Å². The molecule has 2 aromatic rings. The summed E-state index contributed by atoms with van der Waals surface area (Å²) in [4.78, 5) is 11.6. The second-order valence-electron chi connectivity index (χ2n) is 3.69. The van der Waals surface area contributed by atoms with Gasteiger partial charge in [0, 0.05) is 23.4 Å².